The van der Waals surface area contributed by atoms with Crippen LogP contribution in [0.25, 0.3) is 0 Å². The standard InChI is InChI=1S/C8H9N.C3H7NO2/c1-7-2-4-8(6-9)5-3-7;1-6-3(5)2-4/h2-6,9H,1H3;2,4H2,1H3. The number of nitrogens with one attached hydrogen (secondary N) is 1. The van der Waals surface area contributed by atoms with Crippen molar-refractivity contribution >= 4 is 12.2 Å². The van der Waals surface area contributed by atoms with Gasteiger partial charge in [0.15, 0.2) is 0 Å². The van der Waals surface area contributed by atoms with Gasteiger partial charge in [-0.2, -0.15) is 0 Å². The van der Waals surface area contributed by atoms with Crippen molar-refractivity contribution in [3.63, 3.8) is 0 Å². The summed E-state index contributed by atoms with van der Waals surface area (Å²) in [4.78, 5) is 9.83. The van der Waals surface area contributed by atoms with Gasteiger partial charge in [-0.1, -0.05) is 29.8 Å². The summed E-state index contributed by atoms with van der Waals surface area (Å²) in [5.41, 5.74) is 7.00. The minimum absolute atomic E-state index is 0.0312. The number of hydrogen-bond donors (Lipinski definition) is 2. The Bertz CT molecular complexity index is 301. The zero-order valence-electron chi connectivity index (χ0n) is 8.99. The molecule has 4 heteroatoms. The lowest BCUT2D eigenvalue weighted by Gasteiger charge is -1.90. The van der Waals surface area contributed by atoms with E-state index in [0.29, 0.717) is 0 Å². The molecule has 0 radical (unpaired) electrons. The van der Waals surface area contributed by atoms with Gasteiger partial charge in [0.05, 0.1) is 13.7 Å². The monoisotopic (exact) mass is 208 g/mol. The summed E-state index contributed by atoms with van der Waals surface area (Å²) in [5.74, 6) is -0.380. The third kappa shape index (κ3) is 6.40. The highest BCUT2D eigenvalue weighted by Crippen LogP contribution is 1.98. The second-order valence-electron chi connectivity index (χ2n) is 2.84. The Labute approximate surface area is 89.6 Å². The van der Waals surface area contributed by atoms with Gasteiger partial charge in [0.25, 0.3) is 0 Å². The fourth-order valence-corrected chi connectivity index (χ4v) is 0.746. The van der Waals surface area contributed by atoms with Crippen molar-refractivity contribution in [3.05, 3.63) is 35.4 Å². The predicted octanol–water partition coefficient (Wildman–Crippen LogP) is 1.11. The Hall–Kier alpha value is -1.68. The minimum Gasteiger partial charge on any atom is -0.468 e. The molecule has 82 valence electrons. The van der Waals surface area contributed by atoms with E-state index >= 15 is 0 Å². The molecule has 0 bridgehead atoms. The second-order valence-corrected chi connectivity index (χ2v) is 2.84. The number of nitrogens with two attached hydrogens (primary N) is 1. The zero-order chi connectivity index (χ0) is 11.7. The molecule has 0 aliphatic rings. The third-order valence-corrected chi connectivity index (χ3v) is 1.64. The molecule has 3 N–H and O–H groups in total. The minimum atomic E-state index is -0.380. The Morgan fingerprint density at radius 1 is 1.47 bits per heavy atom. The number of benzene rings is 1. The summed E-state index contributed by atoms with van der Waals surface area (Å²) in [6.45, 7) is 2.00. The zero-order valence-corrected chi connectivity index (χ0v) is 8.99. The Kier molecular flexibility index (Phi) is 6.84. The van der Waals surface area contributed by atoms with Crippen molar-refractivity contribution in [2.24, 2.45) is 5.73 Å². The number of hydrogen-bond acceptors (Lipinski definition) is 4. The van der Waals surface area contributed by atoms with Crippen molar-refractivity contribution in [3.8, 4) is 0 Å². The molecule has 0 unspecified atom stereocenters. The normalized spacial score (nSPS) is 8.47. The number of rotatable bonds is 2. The van der Waals surface area contributed by atoms with Crippen LogP contribution in [-0.2, 0) is 9.53 Å². The lowest BCUT2D eigenvalue weighted by Crippen LogP contribution is -2.14. The molecule has 0 atom stereocenters. The largest absolute Gasteiger partial charge is 0.468 e. The molecule has 0 amide bonds. The van der Waals surface area contributed by atoms with E-state index in [1.165, 1.54) is 18.9 Å². The summed E-state index contributed by atoms with van der Waals surface area (Å²) in [6, 6.07) is 7.87. The van der Waals surface area contributed by atoms with E-state index in [1.807, 2.05) is 31.2 Å². The van der Waals surface area contributed by atoms with E-state index < -0.39 is 0 Å². The first-order valence-corrected chi connectivity index (χ1v) is 4.48. The molecule has 1 aromatic carbocycles. The van der Waals surface area contributed by atoms with Crippen LogP contribution in [0.1, 0.15) is 11.1 Å². The first-order chi connectivity index (χ1) is 7.13. The molecule has 0 aromatic heterocycles. The fraction of sp³-hybridized carbons (Fsp3) is 0.273. The van der Waals surface area contributed by atoms with Crippen LogP contribution in [0.3, 0.4) is 0 Å². The van der Waals surface area contributed by atoms with E-state index in [1.54, 1.807) is 0 Å². The predicted molar refractivity (Wildman–Crippen MR) is 60.1 cm³/mol. The van der Waals surface area contributed by atoms with E-state index in [0.717, 1.165) is 5.56 Å². The Morgan fingerprint density at radius 2 is 2.00 bits per heavy atom. The maximum absolute atomic E-state index is 9.83. The van der Waals surface area contributed by atoms with Crippen molar-refractivity contribution in [2.75, 3.05) is 13.7 Å². The van der Waals surface area contributed by atoms with E-state index in [4.69, 9.17) is 11.1 Å². The average molecular weight is 208 g/mol. The highest BCUT2D eigenvalue weighted by atomic mass is 16.5. The van der Waals surface area contributed by atoms with Crippen LogP contribution in [0.4, 0.5) is 0 Å². The van der Waals surface area contributed by atoms with Crippen LogP contribution in [0, 0.1) is 12.3 Å². The molecule has 4 nitrogen and oxygen atoms in total. The molecule has 0 fully saturated rings. The van der Waals surface area contributed by atoms with Gasteiger partial charge in [-0.25, -0.2) is 0 Å². The van der Waals surface area contributed by atoms with Crippen LogP contribution in [0.2, 0.25) is 0 Å². The first-order valence-electron chi connectivity index (χ1n) is 4.48. The average Bonchev–Trinajstić information content (AvgIpc) is 2.30. The molecule has 0 aliphatic heterocycles. The van der Waals surface area contributed by atoms with Crippen molar-refractivity contribution in [1.29, 1.82) is 5.41 Å². The fourth-order valence-electron chi connectivity index (χ4n) is 0.746. The van der Waals surface area contributed by atoms with E-state index in [9.17, 15) is 4.79 Å². The molecule has 1 rings (SSSR count). The van der Waals surface area contributed by atoms with Gasteiger partial charge < -0.3 is 15.9 Å². The van der Waals surface area contributed by atoms with Gasteiger partial charge >= 0.3 is 5.97 Å². The van der Waals surface area contributed by atoms with E-state index in [-0.39, 0.29) is 12.5 Å². The third-order valence-electron chi connectivity index (χ3n) is 1.64. The molecule has 0 saturated carbocycles. The molecule has 15 heavy (non-hydrogen) atoms. The molecular formula is C11H16N2O2. The molecule has 0 aliphatic carbocycles. The van der Waals surface area contributed by atoms with Gasteiger partial charge in [-0.3, -0.25) is 4.79 Å². The number of carbonyl (C=O) groups is 1. The summed E-state index contributed by atoms with van der Waals surface area (Å²) in [6.07, 6.45) is 1.35. The molecule has 0 heterocycles. The van der Waals surface area contributed by atoms with Gasteiger partial charge in [0.1, 0.15) is 0 Å². The number of aryl methyl sites for hydroxylation is 1. The summed E-state index contributed by atoms with van der Waals surface area (Å²) >= 11 is 0. The number of ether oxygens (including phenoxy) is 1. The van der Waals surface area contributed by atoms with E-state index in [2.05, 4.69) is 4.74 Å². The lowest BCUT2D eigenvalue weighted by atomic mass is 10.2. The number of esters is 1. The van der Waals surface area contributed by atoms with Gasteiger partial charge in [-0.05, 0) is 12.5 Å². The van der Waals surface area contributed by atoms with Gasteiger partial charge in [-0.15, -0.1) is 0 Å². The molecule has 0 spiro atoms. The maximum Gasteiger partial charge on any atom is 0.319 e. The number of carbonyl (C=O) groups excluding carboxylic acids is 1. The van der Waals surface area contributed by atoms with Crippen LogP contribution >= 0.6 is 0 Å². The lowest BCUT2D eigenvalue weighted by molar-refractivity contribution is -0.138. The topological polar surface area (TPSA) is 76.2 Å². The van der Waals surface area contributed by atoms with Crippen molar-refractivity contribution in [1.82, 2.24) is 0 Å². The van der Waals surface area contributed by atoms with Crippen molar-refractivity contribution in [2.45, 2.75) is 6.92 Å². The highest BCUT2D eigenvalue weighted by Gasteiger charge is 1.87. The molecular weight excluding hydrogens is 192 g/mol. The quantitative estimate of drug-likeness (QED) is 0.564. The maximum atomic E-state index is 9.83. The Morgan fingerprint density at radius 3 is 2.27 bits per heavy atom. The smallest absolute Gasteiger partial charge is 0.319 e. The Balaban J connectivity index is 0.000000288. The highest BCUT2D eigenvalue weighted by molar-refractivity contribution is 5.76. The summed E-state index contributed by atoms with van der Waals surface area (Å²) in [7, 11) is 1.30. The molecule has 0 saturated heterocycles. The van der Waals surface area contributed by atoms with Crippen LogP contribution in [0.5, 0.6) is 0 Å². The number of methoxy groups -OCH3 is 1. The molecule has 1 aromatic rings. The SMILES string of the molecule is COC(=O)CN.Cc1ccc(C=N)cc1. The second kappa shape index (κ2) is 7.70. The van der Waals surface area contributed by atoms with Gasteiger partial charge in [0.2, 0.25) is 0 Å². The van der Waals surface area contributed by atoms with Crippen molar-refractivity contribution < 1.29 is 9.53 Å². The van der Waals surface area contributed by atoms with Crippen LogP contribution < -0.4 is 5.73 Å². The first kappa shape index (κ1) is 13.3. The van der Waals surface area contributed by atoms with Gasteiger partial charge in [0, 0.05) is 6.21 Å². The van der Waals surface area contributed by atoms with Crippen LogP contribution in [0.15, 0.2) is 24.3 Å². The summed E-state index contributed by atoms with van der Waals surface area (Å²) < 4.78 is 4.14. The summed E-state index contributed by atoms with van der Waals surface area (Å²) in [5, 5.41) is 6.89. The van der Waals surface area contributed by atoms with Crippen LogP contribution in [-0.4, -0.2) is 25.8 Å².